The number of ether oxygens (including phenoxy) is 1. The summed E-state index contributed by atoms with van der Waals surface area (Å²) in [6, 6.07) is 22.7. The third-order valence-electron chi connectivity index (χ3n) is 5.98. The van der Waals surface area contributed by atoms with E-state index in [2.05, 4.69) is 0 Å². The number of benzene rings is 2. The van der Waals surface area contributed by atoms with Crippen LogP contribution in [0, 0.1) is 0 Å². The first-order valence-electron chi connectivity index (χ1n) is 10.7. The normalized spacial score (nSPS) is 11.3. The van der Waals surface area contributed by atoms with Crippen molar-refractivity contribution >= 4 is 28.5 Å². The van der Waals surface area contributed by atoms with Gasteiger partial charge in [0.1, 0.15) is 23.5 Å². The Bertz CT molecular complexity index is 1480. The van der Waals surface area contributed by atoms with Gasteiger partial charge in [-0.1, -0.05) is 55.5 Å². The summed E-state index contributed by atoms with van der Waals surface area (Å²) in [6.45, 7) is 2.45. The van der Waals surface area contributed by atoms with Crippen LogP contribution in [0.1, 0.15) is 38.8 Å². The Hall–Kier alpha value is -4.32. The molecule has 0 bridgehead atoms. The molecule has 2 N–H and O–H groups in total. The van der Waals surface area contributed by atoms with E-state index in [0.717, 1.165) is 27.8 Å². The Morgan fingerprint density at radius 1 is 0.818 bits per heavy atom. The van der Waals surface area contributed by atoms with Crippen LogP contribution in [0.4, 0.5) is 0 Å². The average molecular weight is 439 g/mol. The average Bonchev–Trinajstić information content (AvgIpc) is 3.35. The molecular formula is C27H21NO5. The minimum atomic E-state index is -1.25. The van der Waals surface area contributed by atoms with Crippen LogP contribution in [0.3, 0.4) is 0 Å². The second-order valence-electron chi connectivity index (χ2n) is 7.85. The number of hydrogen-bond donors (Lipinski definition) is 2. The second-order valence-corrected chi connectivity index (χ2v) is 7.85. The van der Waals surface area contributed by atoms with Crippen molar-refractivity contribution in [1.82, 2.24) is 4.40 Å². The SMILES string of the molecule is CCc1c(-c2ccc(OCc3ccccc3)cc2)c2c(C(=O)O)c(C(=O)O)c3cccc1n32. The zero-order valence-corrected chi connectivity index (χ0v) is 17.9. The lowest BCUT2D eigenvalue weighted by Gasteiger charge is -2.09. The van der Waals surface area contributed by atoms with E-state index >= 15 is 0 Å². The first-order chi connectivity index (χ1) is 16.0. The third kappa shape index (κ3) is 3.27. The van der Waals surface area contributed by atoms with Crippen molar-refractivity contribution in [2.24, 2.45) is 0 Å². The molecule has 5 rings (SSSR count). The molecule has 0 fully saturated rings. The van der Waals surface area contributed by atoms with Crippen LogP contribution in [0.2, 0.25) is 0 Å². The van der Waals surface area contributed by atoms with E-state index in [9.17, 15) is 19.8 Å². The molecule has 0 aliphatic rings. The molecule has 6 nitrogen and oxygen atoms in total. The van der Waals surface area contributed by atoms with E-state index in [1.165, 1.54) is 0 Å². The highest BCUT2D eigenvalue weighted by molar-refractivity contribution is 6.17. The quantitative estimate of drug-likeness (QED) is 0.338. The largest absolute Gasteiger partial charge is 0.489 e. The number of carboxylic acids is 2. The lowest BCUT2D eigenvalue weighted by atomic mass is 9.97. The van der Waals surface area contributed by atoms with Gasteiger partial charge in [-0.05, 0) is 47.4 Å². The Morgan fingerprint density at radius 2 is 1.48 bits per heavy atom. The van der Waals surface area contributed by atoms with E-state index in [0.29, 0.717) is 29.8 Å². The maximum Gasteiger partial charge on any atom is 0.338 e. The number of carboxylic acid groups (broad SMARTS) is 2. The fraction of sp³-hybridized carbons (Fsp3) is 0.111. The highest BCUT2D eigenvalue weighted by Gasteiger charge is 2.31. The molecule has 5 aromatic rings. The number of rotatable bonds is 7. The summed E-state index contributed by atoms with van der Waals surface area (Å²) in [7, 11) is 0. The van der Waals surface area contributed by atoms with Gasteiger partial charge in [-0.25, -0.2) is 9.59 Å². The van der Waals surface area contributed by atoms with Crippen LogP contribution in [-0.4, -0.2) is 26.6 Å². The van der Waals surface area contributed by atoms with Gasteiger partial charge in [-0.3, -0.25) is 0 Å². The summed E-state index contributed by atoms with van der Waals surface area (Å²) < 4.78 is 7.65. The number of aromatic carboxylic acids is 2. The molecule has 0 saturated carbocycles. The van der Waals surface area contributed by atoms with Crippen LogP contribution in [0.5, 0.6) is 5.75 Å². The number of aromatic nitrogens is 1. The van der Waals surface area contributed by atoms with Gasteiger partial charge in [0.2, 0.25) is 0 Å². The Balaban J connectivity index is 1.66. The first-order valence-corrected chi connectivity index (χ1v) is 10.7. The van der Waals surface area contributed by atoms with Gasteiger partial charge in [0.05, 0.1) is 16.6 Å². The van der Waals surface area contributed by atoms with Gasteiger partial charge in [-0.15, -0.1) is 0 Å². The molecule has 0 unspecified atom stereocenters. The molecule has 0 amide bonds. The van der Waals surface area contributed by atoms with E-state index in [-0.39, 0.29) is 11.1 Å². The fourth-order valence-corrected chi connectivity index (χ4v) is 4.60. The molecule has 2 aromatic carbocycles. The lowest BCUT2D eigenvalue weighted by Crippen LogP contribution is -2.06. The number of hydrogen-bond acceptors (Lipinski definition) is 3. The van der Waals surface area contributed by atoms with Crippen LogP contribution >= 0.6 is 0 Å². The monoisotopic (exact) mass is 439 g/mol. The number of carbonyl (C=O) groups is 2. The molecule has 0 aliphatic carbocycles. The summed E-state index contributed by atoms with van der Waals surface area (Å²) in [6.07, 6.45) is 0.670. The van der Waals surface area contributed by atoms with E-state index in [1.807, 2.05) is 67.6 Å². The Morgan fingerprint density at radius 3 is 2.12 bits per heavy atom. The summed E-state index contributed by atoms with van der Waals surface area (Å²) in [5.41, 5.74) is 4.85. The van der Waals surface area contributed by atoms with Crippen LogP contribution in [0.25, 0.3) is 27.7 Å². The van der Waals surface area contributed by atoms with Crippen molar-refractivity contribution in [1.29, 1.82) is 0 Å². The molecule has 0 spiro atoms. The first kappa shape index (κ1) is 20.6. The predicted molar refractivity (Wildman–Crippen MR) is 126 cm³/mol. The van der Waals surface area contributed by atoms with E-state index in [1.54, 1.807) is 16.5 Å². The number of nitrogens with zero attached hydrogens (tertiary/aromatic N) is 1. The second kappa shape index (κ2) is 7.98. The zero-order valence-electron chi connectivity index (χ0n) is 17.9. The Kier molecular flexibility index (Phi) is 4.98. The summed E-state index contributed by atoms with van der Waals surface area (Å²) in [4.78, 5) is 24.2. The minimum Gasteiger partial charge on any atom is -0.489 e. The Labute approximate surface area is 189 Å². The van der Waals surface area contributed by atoms with Gasteiger partial charge in [0, 0.05) is 5.56 Å². The molecule has 33 heavy (non-hydrogen) atoms. The van der Waals surface area contributed by atoms with Crippen molar-refractivity contribution < 1.29 is 24.5 Å². The van der Waals surface area contributed by atoms with E-state index in [4.69, 9.17) is 4.74 Å². The summed E-state index contributed by atoms with van der Waals surface area (Å²) in [5.74, 6) is -1.81. The number of aryl methyl sites for hydroxylation is 1. The molecule has 164 valence electrons. The molecule has 6 heteroatoms. The highest BCUT2D eigenvalue weighted by atomic mass is 16.5. The standard InChI is InChI=1S/C27H21NO5/c1-2-19-20-9-6-10-21-23(26(29)30)24(27(31)32)25(28(20)21)22(19)17-11-13-18(14-12-17)33-15-16-7-4-3-5-8-16/h3-14H,2,15H2,1H3,(H,29,30)(H,31,32). The molecule has 3 heterocycles. The molecular weight excluding hydrogens is 418 g/mol. The van der Waals surface area contributed by atoms with Gasteiger partial charge in [-0.2, -0.15) is 0 Å². The van der Waals surface area contributed by atoms with Crippen molar-refractivity contribution in [3.8, 4) is 16.9 Å². The van der Waals surface area contributed by atoms with Gasteiger partial charge in [0.25, 0.3) is 0 Å². The van der Waals surface area contributed by atoms with Crippen LogP contribution < -0.4 is 4.74 Å². The maximum atomic E-state index is 12.2. The van der Waals surface area contributed by atoms with Crippen molar-refractivity contribution in [2.75, 3.05) is 0 Å². The van der Waals surface area contributed by atoms with Crippen molar-refractivity contribution in [2.45, 2.75) is 20.0 Å². The lowest BCUT2D eigenvalue weighted by molar-refractivity contribution is 0.0655. The predicted octanol–water partition coefficient (Wildman–Crippen LogP) is 5.74. The van der Waals surface area contributed by atoms with Crippen molar-refractivity contribution in [3.05, 3.63) is 95.1 Å². The molecule has 0 saturated heterocycles. The fourth-order valence-electron chi connectivity index (χ4n) is 4.60. The summed E-state index contributed by atoms with van der Waals surface area (Å²) in [5, 5.41) is 19.8. The molecule has 0 atom stereocenters. The van der Waals surface area contributed by atoms with E-state index < -0.39 is 11.9 Å². The zero-order chi connectivity index (χ0) is 23.1. The minimum absolute atomic E-state index is 0.183. The number of pyridine rings is 1. The summed E-state index contributed by atoms with van der Waals surface area (Å²) >= 11 is 0. The highest BCUT2D eigenvalue weighted by Crippen LogP contribution is 2.41. The van der Waals surface area contributed by atoms with Crippen molar-refractivity contribution in [3.63, 3.8) is 0 Å². The van der Waals surface area contributed by atoms with Gasteiger partial charge >= 0.3 is 11.9 Å². The smallest absolute Gasteiger partial charge is 0.338 e. The van der Waals surface area contributed by atoms with Gasteiger partial charge < -0.3 is 19.4 Å². The van der Waals surface area contributed by atoms with Gasteiger partial charge in [0.15, 0.2) is 0 Å². The van der Waals surface area contributed by atoms with Crippen LogP contribution in [0.15, 0.2) is 72.8 Å². The maximum absolute atomic E-state index is 12.2. The third-order valence-corrected chi connectivity index (χ3v) is 5.98. The topological polar surface area (TPSA) is 88.2 Å². The molecule has 3 aromatic heterocycles. The van der Waals surface area contributed by atoms with Crippen LogP contribution in [-0.2, 0) is 13.0 Å². The molecule has 0 radical (unpaired) electrons. The molecule has 0 aliphatic heterocycles.